The molecule has 0 aromatic carbocycles. The summed E-state index contributed by atoms with van der Waals surface area (Å²) < 4.78 is 85.0. The first-order valence-corrected chi connectivity index (χ1v) is 23.0. The number of aliphatic hydroxyl groups excluding tert-OH is 1. The van der Waals surface area contributed by atoms with Gasteiger partial charge in [0.1, 0.15) is 55.3 Å². The largest absolute Gasteiger partial charge is 0.472 e. The van der Waals surface area contributed by atoms with Gasteiger partial charge in [-0.3, -0.25) is 65.7 Å². The first kappa shape index (κ1) is 46.7. The number of nitrogens with two attached hydrogens (primary N) is 1. The molecule has 2 unspecified atom stereocenters. The van der Waals surface area contributed by atoms with Crippen molar-refractivity contribution in [1.82, 2.24) is 38.6 Å². The van der Waals surface area contributed by atoms with Gasteiger partial charge in [0.25, 0.3) is 16.7 Å². The van der Waals surface area contributed by atoms with Gasteiger partial charge in [-0.2, -0.15) is 4.98 Å². The van der Waals surface area contributed by atoms with Crippen LogP contribution in [0.2, 0.25) is 0 Å². The number of aryl methyl sites for hydroxylation is 2. The molecule has 11 atom stereocenters. The van der Waals surface area contributed by atoms with E-state index in [1.807, 2.05) is 0 Å². The normalized spacial score (nSPS) is 28.4. The summed E-state index contributed by atoms with van der Waals surface area (Å²) in [6.07, 6.45) is -10.1. The lowest BCUT2D eigenvalue weighted by atomic mass is 10.2. The minimum atomic E-state index is -5.30. The molecule has 0 radical (unpaired) electrons. The lowest BCUT2D eigenvalue weighted by Crippen LogP contribution is -2.33. The van der Waals surface area contributed by atoms with Crippen LogP contribution >= 0.6 is 23.5 Å². The van der Waals surface area contributed by atoms with Crippen LogP contribution in [0.4, 0.5) is 5.95 Å². The molecule has 63 heavy (non-hydrogen) atoms. The molecule has 33 heteroatoms. The van der Waals surface area contributed by atoms with Gasteiger partial charge in [-0.15, -0.1) is 0 Å². The molecule has 7 rings (SSSR count). The second-order valence-electron chi connectivity index (χ2n) is 14.5. The summed E-state index contributed by atoms with van der Waals surface area (Å²) >= 11 is 0. The quantitative estimate of drug-likeness (QED) is 0.0536. The van der Waals surface area contributed by atoms with Crippen LogP contribution in [-0.4, -0.2) is 120 Å². The van der Waals surface area contributed by atoms with Crippen molar-refractivity contribution in [3.05, 3.63) is 81.9 Å². The van der Waals surface area contributed by atoms with Gasteiger partial charge < -0.3 is 44.6 Å². The highest BCUT2D eigenvalue weighted by Crippen LogP contribution is 2.52. The summed E-state index contributed by atoms with van der Waals surface area (Å²) in [4.78, 5) is 117. The van der Waals surface area contributed by atoms with Crippen LogP contribution in [0, 0.1) is 13.8 Å². The maximum Gasteiger partial charge on any atom is 0.472 e. The molecular formula is C30H40N9O21P3. The van der Waals surface area contributed by atoms with Crippen LogP contribution in [0.15, 0.2) is 42.7 Å². The summed E-state index contributed by atoms with van der Waals surface area (Å²) in [5, 5.41) is 10.0. The fourth-order valence-corrected chi connectivity index (χ4v) is 9.57. The van der Waals surface area contributed by atoms with Crippen LogP contribution < -0.4 is 33.8 Å². The van der Waals surface area contributed by atoms with E-state index >= 15 is 0 Å². The third-order valence-electron chi connectivity index (χ3n) is 10.0. The molecule has 3 saturated heterocycles. The van der Waals surface area contributed by atoms with Gasteiger partial charge in [-0.25, -0.2) is 28.3 Å². The van der Waals surface area contributed by atoms with Crippen LogP contribution in [0.1, 0.15) is 49.1 Å². The first-order valence-electron chi connectivity index (χ1n) is 18.5. The second-order valence-corrected chi connectivity index (χ2v) is 18.5. The van der Waals surface area contributed by atoms with Gasteiger partial charge in [0.2, 0.25) is 5.95 Å². The number of phosphoric ester groups is 3. The number of anilines is 1. The number of nitrogens with one attached hydrogen (secondary N) is 3. The number of hydrogen-bond acceptors (Lipinski definition) is 20. The van der Waals surface area contributed by atoms with E-state index in [0.29, 0.717) is 0 Å². The second kappa shape index (κ2) is 17.9. The van der Waals surface area contributed by atoms with E-state index in [2.05, 4.69) is 24.9 Å². The smallest absolute Gasteiger partial charge is 0.394 e. The summed E-state index contributed by atoms with van der Waals surface area (Å²) in [5.41, 5.74) is 1.75. The zero-order chi connectivity index (χ0) is 45.8. The summed E-state index contributed by atoms with van der Waals surface area (Å²) in [7, 11) is -15.7. The Morgan fingerprint density at radius 1 is 0.698 bits per heavy atom. The van der Waals surface area contributed by atoms with E-state index in [1.165, 1.54) is 24.7 Å². The predicted octanol–water partition coefficient (Wildman–Crippen LogP) is -2.24. The lowest BCUT2D eigenvalue weighted by Gasteiger charge is -2.24. The van der Waals surface area contributed by atoms with Crippen molar-refractivity contribution < 1.29 is 75.2 Å². The molecule has 3 aliphatic rings. The Morgan fingerprint density at radius 3 is 1.62 bits per heavy atom. The highest BCUT2D eigenvalue weighted by atomic mass is 31.2. The van der Waals surface area contributed by atoms with Gasteiger partial charge in [-0.1, -0.05) is 0 Å². The minimum Gasteiger partial charge on any atom is -0.394 e. The van der Waals surface area contributed by atoms with Crippen LogP contribution in [-0.2, 0) is 50.5 Å². The van der Waals surface area contributed by atoms with Crippen molar-refractivity contribution in [3.63, 3.8) is 0 Å². The number of rotatable bonds is 16. The maximum atomic E-state index is 13.5. The molecule has 0 spiro atoms. The van der Waals surface area contributed by atoms with E-state index < -0.39 is 139 Å². The monoisotopic (exact) mass is 955 g/mol. The molecule has 7 heterocycles. The van der Waals surface area contributed by atoms with E-state index in [9.17, 15) is 62.3 Å². The Morgan fingerprint density at radius 2 is 1.14 bits per heavy atom. The van der Waals surface area contributed by atoms with Gasteiger partial charge in [0, 0.05) is 42.8 Å². The standard InChI is InChI=1S/C30H40N9O21P3/c1-12-6-37(29(44)35-25(12)41)20-4-15(58-61(46,47)48)18(56-20)9-53-63(51,52)60-16-5-21(38-7-13(2)26(42)36-30(38)45)57-19(16)10-54-62(49,50)59-14-3-22(55-17(14)8-40)39-11-32-23-24(39)33-28(31)34-27(23)43/h6-7,11,14-22,40H,3-5,8-10H2,1-2H3,(H,49,50)(H,51,52)(H,35,41,44)(H,36,42,45)(H2,46,47,48)(H3,31,33,34,43)/t14-,15-,16-,17+,18+,19+,20+,21+,22+/m0/s1. The van der Waals surface area contributed by atoms with Crippen molar-refractivity contribution in [2.75, 3.05) is 25.6 Å². The number of nitrogen functional groups attached to an aromatic ring is 1. The van der Waals surface area contributed by atoms with Crippen LogP contribution in [0.5, 0.6) is 0 Å². The summed E-state index contributed by atoms with van der Waals surface area (Å²) in [6, 6.07) is 0. The highest BCUT2D eigenvalue weighted by Gasteiger charge is 2.47. The molecule has 4 aromatic heterocycles. The van der Waals surface area contributed by atoms with Crippen LogP contribution in [0.25, 0.3) is 11.2 Å². The fourth-order valence-electron chi connectivity index (χ4n) is 7.08. The molecule has 10 N–H and O–H groups in total. The van der Waals surface area contributed by atoms with Gasteiger partial charge >= 0.3 is 34.8 Å². The number of phosphoric acid groups is 3. The average molecular weight is 956 g/mol. The van der Waals surface area contributed by atoms with Gasteiger partial charge in [0.05, 0.1) is 26.1 Å². The summed E-state index contributed by atoms with van der Waals surface area (Å²) in [5.74, 6) is -0.231. The number of ether oxygens (including phenoxy) is 3. The number of H-pyrrole nitrogens is 3. The van der Waals surface area contributed by atoms with Crippen LogP contribution in [0.3, 0.4) is 0 Å². The predicted molar refractivity (Wildman–Crippen MR) is 206 cm³/mol. The van der Waals surface area contributed by atoms with E-state index in [0.717, 1.165) is 21.5 Å². The number of fused-ring (bicyclic) bond motifs is 1. The Labute approximate surface area is 349 Å². The van der Waals surface area contributed by atoms with Crippen molar-refractivity contribution in [1.29, 1.82) is 0 Å². The molecule has 3 fully saturated rings. The first-order chi connectivity index (χ1) is 29.5. The van der Waals surface area contributed by atoms with E-state index in [1.54, 1.807) is 0 Å². The molecule has 4 aromatic rings. The Balaban J connectivity index is 1.05. The van der Waals surface area contributed by atoms with Crippen molar-refractivity contribution >= 4 is 40.6 Å². The molecule has 346 valence electrons. The third-order valence-corrected chi connectivity index (χ3v) is 12.6. The van der Waals surface area contributed by atoms with E-state index in [-0.39, 0.29) is 34.7 Å². The minimum absolute atomic E-state index is 0.00919. The number of imidazole rings is 1. The number of aliphatic hydroxyl groups is 1. The Hall–Kier alpha value is -4.32. The van der Waals surface area contributed by atoms with Crippen molar-refractivity contribution in [2.45, 2.75) is 88.4 Å². The maximum absolute atomic E-state index is 13.5. The molecule has 30 nitrogen and oxygen atoms in total. The molecule has 0 bridgehead atoms. The molecule has 0 saturated carbocycles. The number of hydrogen-bond donors (Lipinski definition) is 9. The number of nitrogens with zero attached hydrogens (tertiary/aromatic N) is 5. The Bertz CT molecular complexity index is 2820. The summed E-state index contributed by atoms with van der Waals surface area (Å²) in [6.45, 7) is 0.162. The van der Waals surface area contributed by atoms with Gasteiger partial charge in [0.15, 0.2) is 11.2 Å². The number of aromatic nitrogens is 8. The van der Waals surface area contributed by atoms with Crippen molar-refractivity contribution in [2.24, 2.45) is 0 Å². The van der Waals surface area contributed by atoms with Gasteiger partial charge in [-0.05, 0) is 13.8 Å². The topological polar surface area (TPSA) is 426 Å². The lowest BCUT2D eigenvalue weighted by molar-refractivity contribution is -0.0613. The third kappa shape index (κ3) is 10.6. The van der Waals surface area contributed by atoms with Crippen molar-refractivity contribution in [3.8, 4) is 0 Å². The molecule has 0 aliphatic carbocycles. The Kier molecular flexibility index (Phi) is 13.3. The zero-order valence-corrected chi connectivity index (χ0v) is 35.3. The molecular weight excluding hydrogens is 915 g/mol. The molecule has 0 amide bonds. The molecule has 3 aliphatic heterocycles. The van der Waals surface area contributed by atoms with E-state index in [4.69, 9.17) is 42.6 Å². The highest BCUT2D eigenvalue weighted by molar-refractivity contribution is 7.47. The fraction of sp³-hybridized carbons (Fsp3) is 0.567. The SMILES string of the molecule is Cc1cn([C@H]2C[C@H](OP(=O)(O)O)[C@@H](COP(=O)(O)O[C@H]3C[C@H](n4cc(C)c(=O)[nH]c4=O)O[C@@H]3COP(=O)(O)O[C@H]3C[C@H](n4cnc5c(=O)[nH]c(N)nc54)O[C@@H]3CO)O2)c(=O)[nH]c1=O. The zero-order valence-electron chi connectivity index (χ0n) is 32.6. The average Bonchev–Trinajstić information content (AvgIpc) is 3.97. The number of aromatic amines is 3.